The van der Waals surface area contributed by atoms with Gasteiger partial charge in [-0.15, -0.1) is 0 Å². The maximum atomic E-state index is 10.1. The van der Waals surface area contributed by atoms with Crippen molar-refractivity contribution in [2.45, 2.75) is 25.4 Å². The summed E-state index contributed by atoms with van der Waals surface area (Å²) < 4.78 is 5.95. The van der Waals surface area contributed by atoms with E-state index in [-0.39, 0.29) is 5.75 Å². The molecule has 2 aromatic rings. The van der Waals surface area contributed by atoms with E-state index in [9.17, 15) is 5.11 Å². The summed E-state index contributed by atoms with van der Waals surface area (Å²) in [5, 5.41) is 10.1. The van der Waals surface area contributed by atoms with Crippen LogP contribution in [-0.2, 0) is 0 Å². The fraction of sp³-hybridized carbons (Fsp3) is 0.348. The number of phenols is 1. The number of pyridine rings is 1. The third kappa shape index (κ3) is 4.86. The lowest BCUT2D eigenvalue weighted by molar-refractivity contribution is 0.114. The second-order valence-electron chi connectivity index (χ2n) is 7.81. The molecule has 1 aliphatic carbocycles. The first-order valence-electron chi connectivity index (χ1n) is 10.7. The van der Waals surface area contributed by atoms with E-state index >= 15 is 0 Å². The van der Waals surface area contributed by atoms with E-state index in [4.69, 9.17) is 16.3 Å². The minimum Gasteiger partial charge on any atom is -0.507 e. The highest BCUT2D eigenvalue weighted by molar-refractivity contribution is 5.70. The van der Waals surface area contributed by atoms with Crippen molar-refractivity contribution < 1.29 is 9.84 Å². The van der Waals surface area contributed by atoms with Crippen molar-refractivity contribution in [3.63, 3.8) is 0 Å². The number of hydrogen-bond donors (Lipinski definition) is 4. The van der Waals surface area contributed by atoms with Gasteiger partial charge >= 0.3 is 0 Å². The number of phenolic OH excluding ortho intramolecular Hbond substituents is 1. The van der Waals surface area contributed by atoms with Crippen LogP contribution in [0, 0.1) is 0 Å². The number of anilines is 1. The van der Waals surface area contributed by atoms with E-state index in [1.807, 2.05) is 30.5 Å². The number of piperazine rings is 1. The summed E-state index contributed by atoms with van der Waals surface area (Å²) in [4.78, 5) is 8.90. The molecule has 6 N–H and O–H groups in total. The molecule has 0 spiro atoms. The second-order valence-corrected chi connectivity index (χ2v) is 7.81. The molecule has 0 unspecified atom stereocenters. The Morgan fingerprint density at radius 1 is 1.16 bits per heavy atom. The predicted octanol–water partition coefficient (Wildman–Crippen LogP) is 2.14. The van der Waals surface area contributed by atoms with Gasteiger partial charge in [-0.1, -0.05) is 12.1 Å². The molecular formula is C23H30N6O2. The van der Waals surface area contributed by atoms with Crippen LogP contribution < -0.4 is 26.6 Å². The molecule has 0 atom stereocenters. The molecule has 8 heteroatoms. The Balaban J connectivity index is 1.41. The first kappa shape index (κ1) is 20.9. The van der Waals surface area contributed by atoms with Gasteiger partial charge in [0.1, 0.15) is 11.9 Å². The smallest absolute Gasteiger partial charge is 0.215 e. The Kier molecular flexibility index (Phi) is 6.47. The number of hydrogen-bond acceptors (Lipinski definition) is 8. The predicted molar refractivity (Wildman–Crippen MR) is 122 cm³/mol. The first-order valence-corrected chi connectivity index (χ1v) is 10.7. The van der Waals surface area contributed by atoms with Crippen LogP contribution in [-0.4, -0.2) is 47.3 Å². The van der Waals surface area contributed by atoms with Gasteiger partial charge in [-0.3, -0.25) is 5.84 Å². The second kappa shape index (κ2) is 9.61. The Labute approximate surface area is 182 Å². The Morgan fingerprint density at radius 3 is 2.58 bits per heavy atom. The van der Waals surface area contributed by atoms with E-state index in [1.165, 1.54) is 6.42 Å². The third-order valence-corrected chi connectivity index (χ3v) is 5.88. The molecule has 0 amide bonds. The number of para-hydroxylation sites is 1. The van der Waals surface area contributed by atoms with Gasteiger partial charge in [0.05, 0.1) is 11.4 Å². The number of nitrogens with one attached hydrogen (secondary N) is 1. The van der Waals surface area contributed by atoms with E-state index in [0.717, 1.165) is 50.4 Å². The average Bonchev–Trinajstić information content (AvgIpc) is 2.78. The maximum absolute atomic E-state index is 10.1. The zero-order valence-electron chi connectivity index (χ0n) is 17.6. The molecule has 4 rings (SSSR count). The van der Waals surface area contributed by atoms with E-state index in [1.54, 1.807) is 24.4 Å². The van der Waals surface area contributed by atoms with E-state index < -0.39 is 0 Å². The number of rotatable bonds is 7. The monoisotopic (exact) mass is 422 g/mol. The van der Waals surface area contributed by atoms with Crippen LogP contribution in [0.3, 0.4) is 0 Å². The molecule has 31 heavy (non-hydrogen) atoms. The van der Waals surface area contributed by atoms with Crippen molar-refractivity contribution in [3.8, 4) is 11.6 Å². The molecule has 0 radical (unpaired) electrons. The van der Waals surface area contributed by atoms with Gasteiger partial charge in [0.15, 0.2) is 0 Å². The molecule has 1 aromatic heterocycles. The van der Waals surface area contributed by atoms with Gasteiger partial charge in [-0.2, -0.15) is 0 Å². The van der Waals surface area contributed by atoms with Crippen LogP contribution in [0.15, 0.2) is 60.6 Å². The summed E-state index contributed by atoms with van der Waals surface area (Å²) in [5.74, 6) is 6.59. The SMILES string of the molecule is N/C=C(\C=C(/NN)c1ccccc1O)N1CCN(c2ccnc(OC3CCC3)c2)CC1. The molecule has 8 nitrogen and oxygen atoms in total. The summed E-state index contributed by atoms with van der Waals surface area (Å²) >= 11 is 0. The normalized spacial score (nSPS) is 18.0. The van der Waals surface area contributed by atoms with Crippen LogP contribution in [0.25, 0.3) is 5.70 Å². The minimum absolute atomic E-state index is 0.158. The number of aromatic nitrogens is 1. The van der Waals surface area contributed by atoms with Crippen molar-refractivity contribution in [3.05, 3.63) is 66.1 Å². The minimum atomic E-state index is 0.158. The lowest BCUT2D eigenvalue weighted by atomic mass is 9.96. The average molecular weight is 423 g/mol. The van der Waals surface area contributed by atoms with Crippen LogP contribution in [0.2, 0.25) is 0 Å². The highest BCUT2D eigenvalue weighted by Gasteiger charge is 2.22. The van der Waals surface area contributed by atoms with E-state index in [2.05, 4.69) is 20.2 Å². The molecule has 1 saturated heterocycles. The lowest BCUT2D eigenvalue weighted by Gasteiger charge is -2.38. The molecule has 2 aliphatic rings. The van der Waals surface area contributed by atoms with Crippen LogP contribution in [0.1, 0.15) is 24.8 Å². The van der Waals surface area contributed by atoms with Gasteiger partial charge in [0.2, 0.25) is 5.88 Å². The van der Waals surface area contributed by atoms with Crippen molar-refractivity contribution in [1.29, 1.82) is 0 Å². The Morgan fingerprint density at radius 2 is 1.94 bits per heavy atom. The summed E-state index contributed by atoms with van der Waals surface area (Å²) in [6.07, 6.45) is 9.04. The van der Waals surface area contributed by atoms with Gasteiger partial charge in [-0.25, -0.2) is 4.98 Å². The molecule has 164 valence electrons. The van der Waals surface area contributed by atoms with Crippen molar-refractivity contribution >= 4 is 11.4 Å². The molecule has 0 bridgehead atoms. The lowest BCUT2D eigenvalue weighted by Crippen LogP contribution is -2.46. The number of allylic oxidation sites excluding steroid dienone is 1. The summed E-state index contributed by atoms with van der Waals surface area (Å²) in [7, 11) is 0. The fourth-order valence-electron chi connectivity index (χ4n) is 3.83. The van der Waals surface area contributed by atoms with Crippen LogP contribution in [0.5, 0.6) is 11.6 Å². The van der Waals surface area contributed by atoms with Gasteiger partial charge in [0.25, 0.3) is 0 Å². The Bertz CT molecular complexity index is 949. The van der Waals surface area contributed by atoms with Crippen molar-refractivity contribution in [2.24, 2.45) is 11.6 Å². The highest BCUT2D eigenvalue weighted by Crippen LogP contribution is 2.28. The number of hydrazine groups is 1. The number of aromatic hydroxyl groups is 1. The quantitative estimate of drug-likeness (QED) is 0.305. The Hall–Kier alpha value is -3.39. The third-order valence-electron chi connectivity index (χ3n) is 5.88. The number of ether oxygens (including phenoxy) is 1. The number of nitrogens with two attached hydrogens (primary N) is 2. The van der Waals surface area contributed by atoms with Gasteiger partial charge in [-0.05, 0) is 43.5 Å². The largest absolute Gasteiger partial charge is 0.507 e. The maximum Gasteiger partial charge on any atom is 0.215 e. The fourth-order valence-corrected chi connectivity index (χ4v) is 3.83. The van der Waals surface area contributed by atoms with Crippen LogP contribution >= 0.6 is 0 Å². The van der Waals surface area contributed by atoms with Gasteiger partial charge < -0.3 is 30.8 Å². The molecule has 1 saturated carbocycles. The van der Waals surface area contributed by atoms with Crippen molar-refractivity contribution in [1.82, 2.24) is 15.3 Å². The summed E-state index contributed by atoms with van der Waals surface area (Å²) in [6, 6.07) is 11.1. The summed E-state index contributed by atoms with van der Waals surface area (Å²) in [6.45, 7) is 3.30. The van der Waals surface area contributed by atoms with E-state index in [0.29, 0.717) is 23.2 Å². The topological polar surface area (TPSA) is 113 Å². The first-order chi connectivity index (χ1) is 15.2. The van der Waals surface area contributed by atoms with Gasteiger partial charge in [0, 0.05) is 55.9 Å². The summed E-state index contributed by atoms with van der Waals surface area (Å²) in [5.41, 5.74) is 11.8. The molecule has 1 aliphatic heterocycles. The zero-order chi connectivity index (χ0) is 21.6. The van der Waals surface area contributed by atoms with Crippen molar-refractivity contribution in [2.75, 3.05) is 31.1 Å². The molecule has 2 fully saturated rings. The number of benzene rings is 1. The molecular weight excluding hydrogens is 392 g/mol. The highest BCUT2D eigenvalue weighted by atomic mass is 16.5. The standard InChI is InChI=1S/C23H30N6O2/c24-16-18(14-21(27-25)20-6-1-2-7-22(20)30)29-12-10-28(11-13-29)17-8-9-26-23(15-17)31-19-4-3-5-19/h1-2,6-9,14-16,19,27,30H,3-5,10-13,24-25H2/b18-16+,21-14-. The number of nitrogens with zero attached hydrogens (tertiary/aromatic N) is 3. The molecule has 1 aromatic carbocycles. The molecule has 2 heterocycles. The zero-order valence-corrected chi connectivity index (χ0v) is 17.6. The van der Waals surface area contributed by atoms with Crippen LogP contribution in [0.4, 0.5) is 5.69 Å².